The van der Waals surface area contributed by atoms with Crippen molar-refractivity contribution in [3.8, 4) is 0 Å². The Hall–Kier alpha value is -0.640. The molecule has 4 heteroatoms. The molecule has 0 aliphatic rings. The van der Waals surface area contributed by atoms with Gasteiger partial charge in [-0.05, 0) is 36.7 Å². The van der Waals surface area contributed by atoms with Crippen molar-refractivity contribution in [1.29, 1.82) is 0 Å². The summed E-state index contributed by atoms with van der Waals surface area (Å²) in [4.78, 5) is 0. The predicted octanol–water partition coefficient (Wildman–Crippen LogP) is 1.83. The van der Waals surface area contributed by atoms with Crippen molar-refractivity contribution in [2.45, 2.75) is 12.5 Å². The van der Waals surface area contributed by atoms with Gasteiger partial charge in [0.05, 0.1) is 0 Å². The second kappa shape index (κ2) is 4.56. The topological polar surface area (TPSA) is 52.0 Å². The Bertz CT molecular complexity index is 271. The normalized spacial score (nSPS) is 12.9. The summed E-state index contributed by atoms with van der Waals surface area (Å²) in [5.41, 5.74) is 11.8. The van der Waals surface area contributed by atoms with Crippen LogP contribution in [-0.4, -0.2) is 6.54 Å². The molecule has 0 saturated carbocycles. The highest BCUT2D eigenvalue weighted by Gasteiger charge is 2.07. The molecule has 13 heavy (non-hydrogen) atoms. The molecule has 1 rings (SSSR count). The summed E-state index contributed by atoms with van der Waals surface area (Å²) < 4.78 is 12.9. The molecule has 0 saturated heterocycles. The van der Waals surface area contributed by atoms with E-state index in [0.29, 0.717) is 23.6 Å². The molecule has 0 aliphatic carbocycles. The van der Waals surface area contributed by atoms with Crippen molar-refractivity contribution in [2.75, 3.05) is 6.54 Å². The van der Waals surface area contributed by atoms with Gasteiger partial charge >= 0.3 is 0 Å². The van der Waals surface area contributed by atoms with Gasteiger partial charge in [0.2, 0.25) is 0 Å². The van der Waals surface area contributed by atoms with Crippen molar-refractivity contribution >= 4 is 11.6 Å². The van der Waals surface area contributed by atoms with Gasteiger partial charge < -0.3 is 11.5 Å². The number of benzene rings is 1. The van der Waals surface area contributed by atoms with Crippen LogP contribution in [0.25, 0.3) is 0 Å². The number of hydrogen-bond donors (Lipinski definition) is 2. The first-order valence-electron chi connectivity index (χ1n) is 4.05. The summed E-state index contributed by atoms with van der Waals surface area (Å²) in [6.07, 6.45) is 0.625. The first-order chi connectivity index (χ1) is 6.13. The maximum absolute atomic E-state index is 12.9. The van der Waals surface area contributed by atoms with E-state index < -0.39 is 0 Å². The molecule has 1 aromatic rings. The maximum Gasteiger partial charge on any atom is 0.125 e. The third-order valence-corrected chi connectivity index (χ3v) is 2.01. The first kappa shape index (κ1) is 10.4. The van der Waals surface area contributed by atoms with Crippen LogP contribution in [0.4, 0.5) is 4.39 Å². The van der Waals surface area contributed by atoms with Crippen molar-refractivity contribution in [1.82, 2.24) is 0 Å². The highest BCUT2D eigenvalue weighted by atomic mass is 35.5. The molecule has 0 aromatic heterocycles. The summed E-state index contributed by atoms with van der Waals surface area (Å²) in [6.45, 7) is 0.481. The summed E-state index contributed by atoms with van der Waals surface area (Å²) >= 11 is 5.67. The van der Waals surface area contributed by atoms with E-state index in [1.807, 2.05) is 0 Å². The van der Waals surface area contributed by atoms with E-state index in [0.717, 1.165) is 0 Å². The molecule has 1 atom stereocenters. The number of hydrogen-bond acceptors (Lipinski definition) is 2. The molecular formula is C9H12ClFN2. The third-order valence-electron chi connectivity index (χ3n) is 1.79. The lowest BCUT2D eigenvalue weighted by Crippen LogP contribution is -2.15. The van der Waals surface area contributed by atoms with E-state index in [1.54, 1.807) is 6.07 Å². The molecule has 1 aromatic carbocycles. The minimum absolute atomic E-state index is 0.238. The summed E-state index contributed by atoms with van der Waals surface area (Å²) in [6, 6.07) is 4.05. The Morgan fingerprint density at radius 3 is 2.62 bits per heavy atom. The zero-order valence-corrected chi connectivity index (χ0v) is 7.89. The Balaban J connectivity index is 2.87. The van der Waals surface area contributed by atoms with Gasteiger partial charge in [-0.2, -0.15) is 0 Å². The molecule has 0 amide bonds. The number of rotatable bonds is 3. The van der Waals surface area contributed by atoms with E-state index in [2.05, 4.69) is 0 Å². The fourth-order valence-corrected chi connectivity index (χ4v) is 1.37. The maximum atomic E-state index is 12.9. The fraction of sp³-hybridized carbons (Fsp3) is 0.333. The van der Waals surface area contributed by atoms with Gasteiger partial charge in [-0.3, -0.25) is 0 Å². The molecule has 0 aliphatic heterocycles. The van der Waals surface area contributed by atoms with Gasteiger partial charge in [-0.1, -0.05) is 11.6 Å². The molecule has 0 fully saturated rings. The zero-order valence-electron chi connectivity index (χ0n) is 7.13. The van der Waals surface area contributed by atoms with Crippen LogP contribution in [0.2, 0.25) is 5.02 Å². The lowest BCUT2D eigenvalue weighted by Gasteiger charge is -2.10. The summed E-state index contributed by atoms with van der Waals surface area (Å²) in [5, 5.41) is 0.363. The summed E-state index contributed by atoms with van der Waals surface area (Å²) in [5.74, 6) is -0.366. The van der Waals surface area contributed by atoms with Gasteiger partial charge in [-0.25, -0.2) is 4.39 Å². The van der Waals surface area contributed by atoms with Gasteiger partial charge in [0.25, 0.3) is 0 Å². The van der Waals surface area contributed by atoms with Gasteiger partial charge in [0.1, 0.15) is 5.82 Å². The van der Waals surface area contributed by atoms with Crippen LogP contribution in [0.5, 0.6) is 0 Å². The van der Waals surface area contributed by atoms with Crippen molar-refractivity contribution in [3.63, 3.8) is 0 Å². The second-order valence-electron chi connectivity index (χ2n) is 2.89. The molecule has 72 valence electrons. The SMILES string of the molecule is NCC[C@H](N)c1cc(F)cc(Cl)c1. The highest BCUT2D eigenvalue weighted by molar-refractivity contribution is 6.30. The fourth-order valence-electron chi connectivity index (χ4n) is 1.14. The van der Waals surface area contributed by atoms with Crippen LogP contribution in [0.1, 0.15) is 18.0 Å². The zero-order chi connectivity index (χ0) is 9.84. The Kier molecular flexibility index (Phi) is 3.66. The van der Waals surface area contributed by atoms with E-state index >= 15 is 0 Å². The molecule has 0 bridgehead atoms. The van der Waals surface area contributed by atoms with E-state index in [-0.39, 0.29) is 11.9 Å². The van der Waals surface area contributed by atoms with Crippen LogP contribution in [0.15, 0.2) is 18.2 Å². The smallest absolute Gasteiger partial charge is 0.125 e. The van der Waals surface area contributed by atoms with Gasteiger partial charge in [0, 0.05) is 11.1 Å². The van der Waals surface area contributed by atoms with Crippen LogP contribution in [0, 0.1) is 5.82 Å². The largest absolute Gasteiger partial charge is 0.330 e. The van der Waals surface area contributed by atoms with Crippen LogP contribution in [-0.2, 0) is 0 Å². The number of halogens is 2. The molecule has 0 heterocycles. The minimum atomic E-state index is -0.366. The van der Waals surface area contributed by atoms with Crippen molar-refractivity contribution in [3.05, 3.63) is 34.6 Å². The van der Waals surface area contributed by atoms with Gasteiger partial charge in [0.15, 0.2) is 0 Å². The Morgan fingerprint density at radius 1 is 1.38 bits per heavy atom. The van der Waals surface area contributed by atoms with Crippen molar-refractivity contribution in [2.24, 2.45) is 11.5 Å². The average Bonchev–Trinajstić information content (AvgIpc) is 2.03. The third kappa shape index (κ3) is 2.95. The highest BCUT2D eigenvalue weighted by Crippen LogP contribution is 2.19. The second-order valence-corrected chi connectivity index (χ2v) is 3.32. The molecular weight excluding hydrogens is 191 g/mol. The first-order valence-corrected chi connectivity index (χ1v) is 4.43. The average molecular weight is 203 g/mol. The number of nitrogens with two attached hydrogens (primary N) is 2. The lowest BCUT2D eigenvalue weighted by molar-refractivity contribution is 0.612. The Labute approximate surface area is 81.7 Å². The van der Waals surface area contributed by atoms with Crippen LogP contribution < -0.4 is 11.5 Å². The quantitative estimate of drug-likeness (QED) is 0.786. The lowest BCUT2D eigenvalue weighted by atomic mass is 10.0. The van der Waals surface area contributed by atoms with Crippen LogP contribution >= 0.6 is 11.6 Å². The molecule has 0 radical (unpaired) electrons. The minimum Gasteiger partial charge on any atom is -0.330 e. The molecule has 0 unspecified atom stereocenters. The van der Waals surface area contributed by atoms with E-state index in [4.69, 9.17) is 23.1 Å². The summed E-state index contributed by atoms with van der Waals surface area (Å²) in [7, 11) is 0. The van der Waals surface area contributed by atoms with Gasteiger partial charge in [-0.15, -0.1) is 0 Å². The standard InChI is InChI=1S/C9H12ClFN2/c10-7-3-6(4-8(11)5-7)9(13)1-2-12/h3-5,9H,1-2,12-13H2/t9-/m0/s1. The van der Waals surface area contributed by atoms with Crippen molar-refractivity contribution < 1.29 is 4.39 Å². The van der Waals surface area contributed by atoms with E-state index in [1.165, 1.54) is 12.1 Å². The monoisotopic (exact) mass is 202 g/mol. The Morgan fingerprint density at radius 2 is 2.08 bits per heavy atom. The molecule has 4 N–H and O–H groups in total. The van der Waals surface area contributed by atoms with Crippen LogP contribution in [0.3, 0.4) is 0 Å². The molecule has 2 nitrogen and oxygen atoms in total. The predicted molar refractivity (Wildman–Crippen MR) is 52.0 cm³/mol. The molecule has 0 spiro atoms. The van der Waals surface area contributed by atoms with E-state index in [9.17, 15) is 4.39 Å².